The van der Waals surface area contributed by atoms with Gasteiger partial charge in [0.25, 0.3) is 8.32 Å². The van der Waals surface area contributed by atoms with Gasteiger partial charge >= 0.3 is 7.12 Å². The molecule has 4 aromatic carbocycles. The normalized spacial score (nSPS) is 21.2. The van der Waals surface area contributed by atoms with Crippen LogP contribution in [0.15, 0.2) is 138 Å². The number of nitrogens with zero attached hydrogens (tertiary/aromatic N) is 1. The monoisotopic (exact) mass is 841 g/mol. The Labute approximate surface area is 357 Å². The van der Waals surface area contributed by atoms with Crippen LogP contribution in [0.3, 0.4) is 0 Å². The van der Waals surface area contributed by atoms with Gasteiger partial charge in [-0.3, -0.25) is 14.5 Å². The van der Waals surface area contributed by atoms with Gasteiger partial charge in [-0.15, -0.1) is 11.3 Å². The number of phenolic OH excluding ortho intramolecular Hbond substituents is 1. The fourth-order valence-corrected chi connectivity index (χ4v) is 15.2. The summed E-state index contributed by atoms with van der Waals surface area (Å²) in [4.78, 5) is 31.3. The SMILES string of the molecule is CC(C)(C)[Si](OCC1=C2[C@@H](CC/C(=C/c3ccc(O)cc3Cl)c3ccccc3)OB(O)C[C@@H]2[C@@H]2C(=O)N(Cc3cccs3)C(=O)[C@@H]2C1)(c1ccccc1)c1ccccc1. The Bertz CT molecular complexity index is 2310. The van der Waals surface area contributed by atoms with Crippen LogP contribution in [0.4, 0.5) is 0 Å². The summed E-state index contributed by atoms with van der Waals surface area (Å²) in [6.45, 7) is 7.25. The second-order valence-corrected chi connectivity index (χ2v) is 22.6. The zero-order valence-electron chi connectivity index (χ0n) is 33.6. The van der Waals surface area contributed by atoms with Crippen molar-refractivity contribution in [1.29, 1.82) is 0 Å². The van der Waals surface area contributed by atoms with Crippen LogP contribution in [-0.2, 0) is 25.2 Å². The van der Waals surface area contributed by atoms with Gasteiger partial charge in [-0.25, -0.2) is 0 Å². The van der Waals surface area contributed by atoms with Gasteiger partial charge in [-0.05, 0) is 110 Å². The molecule has 0 spiro atoms. The van der Waals surface area contributed by atoms with Gasteiger partial charge in [0.1, 0.15) is 5.75 Å². The summed E-state index contributed by atoms with van der Waals surface area (Å²) in [5.74, 6) is -1.81. The molecule has 3 heterocycles. The highest BCUT2D eigenvalue weighted by molar-refractivity contribution is 7.09. The molecule has 2 amide bonds. The summed E-state index contributed by atoms with van der Waals surface area (Å²) < 4.78 is 14.1. The molecule has 0 saturated carbocycles. The summed E-state index contributed by atoms with van der Waals surface area (Å²) in [7, 11) is -4.12. The van der Waals surface area contributed by atoms with Crippen molar-refractivity contribution in [1.82, 2.24) is 4.90 Å². The Hall–Kier alpha value is -4.55. The van der Waals surface area contributed by atoms with Crippen molar-refractivity contribution in [2.45, 2.75) is 64.0 Å². The summed E-state index contributed by atoms with van der Waals surface area (Å²) in [6, 6.07) is 39.9. The third-order valence-electron chi connectivity index (χ3n) is 12.3. The van der Waals surface area contributed by atoms with Gasteiger partial charge < -0.3 is 19.2 Å². The third-order valence-corrected chi connectivity index (χ3v) is 18.5. The number of halogens is 1. The minimum atomic E-state index is -3.00. The molecule has 2 aliphatic heterocycles. The second kappa shape index (κ2) is 17.2. The molecule has 302 valence electrons. The van der Waals surface area contributed by atoms with Gasteiger partial charge in [0, 0.05) is 4.88 Å². The standard InChI is InChI=1S/C48H49BClNO6SSi/c1-48(2,3)59(38-17-9-5-10-18-38,39-19-11-6-12-20-39)56-31-35-27-40-45(47(54)51(46(40)53)30-37-16-13-25-58-37)41-29-49(55)57-43(44(35)41)24-22-33(32-14-7-4-8-15-32)26-34-21-23-36(52)28-42(34)50/h4-21,23,25-26,28,40-41,43,45,52,55H,22,24,27,29-31H2,1-3H3/b33-26-/t40-,41+,43-,45-/m1/s1. The molecular formula is C48H49BClNO6SSi. The largest absolute Gasteiger partial charge is 0.508 e. The maximum atomic E-state index is 14.5. The number of amides is 2. The van der Waals surface area contributed by atoms with Crippen molar-refractivity contribution in [3.8, 4) is 5.75 Å². The van der Waals surface area contributed by atoms with Crippen LogP contribution in [0.5, 0.6) is 5.75 Å². The molecule has 7 nitrogen and oxygen atoms in total. The minimum absolute atomic E-state index is 0.0910. The summed E-state index contributed by atoms with van der Waals surface area (Å²) >= 11 is 8.15. The van der Waals surface area contributed by atoms with Gasteiger partial charge in [0.2, 0.25) is 11.8 Å². The molecule has 1 aliphatic carbocycles. The number of allylic oxidation sites excluding steroid dienone is 1. The predicted octanol–water partition coefficient (Wildman–Crippen LogP) is 9.00. The molecule has 0 bridgehead atoms. The van der Waals surface area contributed by atoms with Crippen molar-refractivity contribution in [2.75, 3.05) is 6.61 Å². The molecule has 2 saturated heterocycles. The predicted molar refractivity (Wildman–Crippen MR) is 240 cm³/mol. The molecule has 0 radical (unpaired) electrons. The van der Waals surface area contributed by atoms with E-state index in [1.807, 2.05) is 53.9 Å². The lowest BCUT2D eigenvalue weighted by Gasteiger charge is -2.46. The van der Waals surface area contributed by atoms with Crippen LogP contribution in [0.25, 0.3) is 11.6 Å². The van der Waals surface area contributed by atoms with E-state index in [2.05, 4.69) is 81.4 Å². The molecule has 1 aromatic heterocycles. The van der Waals surface area contributed by atoms with Gasteiger partial charge in [0.15, 0.2) is 0 Å². The first-order valence-electron chi connectivity index (χ1n) is 20.4. The zero-order chi connectivity index (χ0) is 41.3. The number of phenols is 1. The zero-order valence-corrected chi connectivity index (χ0v) is 36.2. The summed E-state index contributed by atoms with van der Waals surface area (Å²) in [6.07, 6.45) is 3.14. The van der Waals surface area contributed by atoms with Gasteiger partial charge in [-0.1, -0.05) is 129 Å². The van der Waals surface area contributed by atoms with E-state index < -0.39 is 39.3 Å². The number of hydrogen-bond donors (Lipinski definition) is 2. The van der Waals surface area contributed by atoms with E-state index in [9.17, 15) is 19.7 Å². The van der Waals surface area contributed by atoms with Crippen molar-refractivity contribution >= 4 is 72.2 Å². The number of imide groups is 1. The lowest BCUT2D eigenvalue weighted by atomic mass is 9.58. The maximum Gasteiger partial charge on any atom is 0.455 e. The average molecular weight is 842 g/mol. The average Bonchev–Trinajstić information content (AvgIpc) is 3.83. The van der Waals surface area contributed by atoms with Crippen molar-refractivity contribution < 1.29 is 28.8 Å². The van der Waals surface area contributed by atoms with E-state index >= 15 is 0 Å². The fourth-order valence-electron chi connectivity index (χ4n) is 9.69. The second-order valence-electron chi connectivity index (χ2n) is 16.9. The first-order chi connectivity index (χ1) is 28.4. The number of aromatic hydroxyl groups is 1. The van der Waals surface area contributed by atoms with E-state index in [0.29, 0.717) is 24.3 Å². The number of likely N-dealkylation sites (tertiary alicyclic amines) is 1. The Morgan fingerprint density at radius 2 is 1.58 bits per heavy atom. The smallest absolute Gasteiger partial charge is 0.455 e. The van der Waals surface area contributed by atoms with E-state index in [-0.39, 0.29) is 42.1 Å². The highest BCUT2D eigenvalue weighted by atomic mass is 35.5. The molecule has 2 N–H and O–H groups in total. The van der Waals surface area contributed by atoms with Gasteiger partial charge in [0.05, 0.1) is 36.1 Å². The fraction of sp³-hybridized carbons (Fsp3) is 0.292. The number of fused-ring (bicyclic) bond motifs is 3. The number of thiophene rings is 1. The highest BCUT2D eigenvalue weighted by Gasteiger charge is 2.58. The number of rotatable bonds is 12. The van der Waals surface area contributed by atoms with Crippen molar-refractivity contribution in [2.24, 2.45) is 17.8 Å². The number of carbonyl (C=O) groups is 2. The maximum absolute atomic E-state index is 14.5. The molecule has 59 heavy (non-hydrogen) atoms. The number of benzene rings is 4. The van der Waals surface area contributed by atoms with Crippen molar-refractivity contribution in [3.63, 3.8) is 0 Å². The molecule has 4 atom stereocenters. The van der Waals surface area contributed by atoms with Crippen LogP contribution in [0.2, 0.25) is 16.4 Å². The quantitative estimate of drug-likeness (QED) is 0.0564. The van der Waals surface area contributed by atoms with E-state index in [0.717, 1.165) is 43.1 Å². The topological polar surface area (TPSA) is 96.3 Å². The third kappa shape index (κ3) is 8.19. The Balaban J connectivity index is 1.21. The molecule has 8 rings (SSSR count). The van der Waals surface area contributed by atoms with Crippen LogP contribution < -0.4 is 10.4 Å². The van der Waals surface area contributed by atoms with E-state index in [1.54, 1.807) is 12.1 Å². The first kappa shape index (κ1) is 41.2. The van der Waals surface area contributed by atoms with E-state index in [1.165, 1.54) is 22.3 Å². The first-order valence-corrected chi connectivity index (χ1v) is 23.5. The summed E-state index contributed by atoms with van der Waals surface area (Å²) in [5, 5.41) is 25.9. The molecule has 5 aromatic rings. The van der Waals surface area contributed by atoms with Crippen LogP contribution >= 0.6 is 22.9 Å². The Kier molecular flexibility index (Phi) is 12.0. The van der Waals surface area contributed by atoms with Crippen LogP contribution in [-0.4, -0.2) is 55.0 Å². The lowest BCUT2D eigenvalue weighted by Crippen LogP contribution is -2.66. The Morgan fingerprint density at radius 1 is 0.915 bits per heavy atom. The minimum Gasteiger partial charge on any atom is -0.508 e. The van der Waals surface area contributed by atoms with E-state index in [4.69, 9.17) is 20.7 Å². The Morgan fingerprint density at radius 3 is 2.19 bits per heavy atom. The molecular weight excluding hydrogens is 793 g/mol. The van der Waals surface area contributed by atoms with Gasteiger partial charge in [-0.2, -0.15) is 0 Å². The molecule has 3 aliphatic rings. The molecule has 0 unspecified atom stereocenters. The number of carbonyl (C=O) groups excluding carboxylic acids is 2. The highest BCUT2D eigenvalue weighted by Crippen LogP contribution is 2.52. The molecule has 2 fully saturated rings. The van der Waals surface area contributed by atoms with Crippen molar-refractivity contribution in [3.05, 3.63) is 159 Å². The lowest BCUT2D eigenvalue weighted by molar-refractivity contribution is -0.140. The summed E-state index contributed by atoms with van der Waals surface area (Å²) in [5.41, 5.74) is 4.74. The number of hydrogen-bond acceptors (Lipinski definition) is 7. The molecule has 11 heteroatoms. The van der Waals surface area contributed by atoms with Crippen LogP contribution in [0.1, 0.15) is 56.0 Å². The van der Waals surface area contributed by atoms with Crippen LogP contribution in [0, 0.1) is 17.8 Å².